The molecule has 22 heavy (non-hydrogen) atoms. The Morgan fingerprint density at radius 2 is 2.23 bits per heavy atom. The highest BCUT2D eigenvalue weighted by atomic mass is 32.1. The summed E-state index contributed by atoms with van der Waals surface area (Å²) in [6, 6.07) is 8.21. The van der Waals surface area contributed by atoms with Crippen molar-refractivity contribution < 1.29 is 4.79 Å². The SMILES string of the molecule is CCc1nc(CC(=O)NCCc2c[nH]c3ccccc23)cs1. The van der Waals surface area contributed by atoms with Crippen molar-refractivity contribution in [1.82, 2.24) is 15.3 Å². The average molecular weight is 313 g/mol. The van der Waals surface area contributed by atoms with Crippen LogP contribution in [-0.2, 0) is 24.1 Å². The minimum absolute atomic E-state index is 0.0350. The lowest BCUT2D eigenvalue weighted by Gasteiger charge is -2.03. The van der Waals surface area contributed by atoms with Crippen LogP contribution in [0.4, 0.5) is 0 Å². The second-order valence-corrected chi connectivity index (χ2v) is 6.17. The maximum absolute atomic E-state index is 11.9. The number of carbonyl (C=O) groups is 1. The first-order valence-corrected chi connectivity index (χ1v) is 8.39. The minimum atomic E-state index is 0.0350. The van der Waals surface area contributed by atoms with E-state index in [4.69, 9.17) is 0 Å². The van der Waals surface area contributed by atoms with Crippen LogP contribution in [0.25, 0.3) is 10.9 Å². The molecule has 0 spiro atoms. The molecule has 0 aliphatic heterocycles. The molecule has 0 atom stereocenters. The van der Waals surface area contributed by atoms with Crippen LogP contribution >= 0.6 is 11.3 Å². The summed E-state index contributed by atoms with van der Waals surface area (Å²) in [4.78, 5) is 19.6. The van der Waals surface area contributed by atoms with Crippen LogP contribution in [0.1, 0.15) is 23.2 Å². The summed E-state index contributed by atoms with van der Waals surface area (Å²) in [5.74, 6) is 0.0350. The Kier molecular flexibility index (Phi) is 4.53. The van der Waals surface area contributed by atoms with Crippen LogP contribution in [0, 0.1) is 0 Å². The topological polar surface area (TPSA) is 57.8 Å². The second-order valence-electron chi connectivity index (χ2n) is 5.22. The Morgan fingerprint density at radius 3 is 3.05 bits per heavy atom. The lowest BCUT2D eigenvalue weighted by atomic mass is 10.1. The summed E-state index contributed by atoms with van der Waals surface area (Å²) in [6.45, 7) is 2.72. The van der Waals surface area contributed by atoms with Crippen molar-refractivity contribution in [2.24, 2.45) is 0 Å². The van der Waals surface area contributed by atoms with Crippen LogP contribution in [-0.4, -0.2) is 22.4 Å². The fourth-order valence-corrected chi connectivity index (χ4v) is 3.24. The van der Waals surface area contributed by atoms with E-state index in [2.05, 4.69) is 34.3 Å². The fraction of sp³-hybridized carbons (Fsp3) is 0.294. The highest BCUT2D eigenvalue weighted by Crippen LogP contribution is 2.17. The number of aryl methyl sites for hydroxylation is 1. The summed E-state index contributed by atoms with van der Waals surface area (Å²) < 4.78 is 0. The van der Waals surface area contributed by atoms with Crippen molar-refractivity contribution >= 4 is 28.1 Å². The number of thiazole rings is 1. The van der Waals surface area contributed by atoms with Gasteiger partial charge in [-0.2, -0.15) is 0 Å². The zero-order valence-corrected chi connectivity index (χ0v) is 13.4. The minimum Gasteiger partial charge on any atom is -0.361 e. The van der Waals surface area contributed by atoms with E-state index in [1.165, 1.54) is 10.9 Å². The van der Waals surface area contributed by atoms with Crippen LogP contribution in [0.2, 0.25) is 0 Å². The van der Waals surface area contributed by atoms with Crippen molar-refractivity contribution in [2.75, 3.05) is 6.54 Å². The molecule has 0 fully saturated rings. The van der Waals surface area contributed by atoms with Gasteiger partial charge in [0.1, 0.15) is 0 Å². The van der Waals surface area contributed by atoms with E-state index in [0.717, 1.165) is 29.1 Å². The monoisotopic (exact) mass is 313 g/mol. The smallest absolute Gasteiger partial charge is 0.226 e. The molecule has 0 saturated heterocycles. The van der Waals surface area contributed by atoms with Gasteiger partial charge in [-0.1, -0.05) is 25.1 Å². The average Bonchev–Trinajstić information content (AvgIpc) is 3.14. The number of fused-ring (bicyclic) bond motifs is 1. The number of aromatic amines is 1. The van der Waals surface area contributed by atoms with Gasteiger partial charge < -0.3 is 10.3 Å². The summed E-state index contributed by atoms with van der Waals surface area (Å²) >= 11 is 1.62. The van der Waals surface area contributed by atoms with Crippen molar-refractivity contribution in [3.8, 4) is 0 Å². The van der Waals surface area contributed by atoms with E-state index in [9.17, 15) is 4.79 Å². The largest absolute Gasteiger partial charge is 0.361 e. The molecule has 0 aliphatic carbocycles. The van der Waals surface area contributed by atoms with E-state index in [1.807, 2.05) is 23.7 Å². The van der Waals surface area contributed by atoms with Crippen molar-refractivity contribution in [3.05, 3.63) is 52.1 Å². The number of nitrogens with one attached hydrogen (secondary N) is 2. The first-order valence-electron chi connectivity index (χ1n) is 7.51. The molecular formula is C17H19N3OS. The number of aromatic nitrogens is 2. The number of para-hydroxylation sites is 1. The van der Waals surface area contributed by atoms with E-state index < -0.39 is 0 Å². The lowest BCUT2D eigenvalue weighted by Crippen LogP contribution is -2.27. The van der Waals surface area contributed by atoms with Gasteiger partial charge in [-0.25, -0.2) is 4.98 Å². The van der Waals surface area contributed by atoms with E-state index in [-0.39, 0.29) is 5.91 Å². The van der Waals surface area contributed by atoms with Crippen LogP contribution < -0.4 is 5.32 Å². The van der Waals surface area contributed by atoms with E-state index in [1.54, 1.807) is 11.3 Å². The first kappa shape index (κ1) is 14.8. The molecule has 3 aromatic rings. The quantitative estimate of drug-likeness (QED) is 0.735. The van der Waals surface area contributed by atoms with Crippen molar-refractivity contribution in [1.29, 1.82) is 0 Å². The van der Waals surface area contributed by atoms with E-state index >= 15 is 0 Å². The van der Waals surface area contributed by atoms with Gasteiger partial charge in [0.05, 0.1) is 17.1 Å². The molecule has 1 aromatic carbocycles. The number of amides is 1. The molecule has 0 bridgehead atoms. The number of hydrogen-bond acceptors (Lipinski definition) is 3. The number of hydrogen-bond donors (Lipinski definition) is 2. The summed E-state index contributed by atoms with van der Waals surface area (Å²) in [7, 11) is 0. The molecule has 0 radical (unpaired) electrons. The summed E-state index contributed by atoms with van der Waals surface area (Å²) in [6.07, 6.45) is 4.13. The standard InChI is InChI=1S/C17H19N3OS/c1-2-17-20-13(11-22-17)9-16(21)18-8-7-12-10-19-15-6-4-3-5-14(12)15/h3-6,10-11,19H,2,7-9H2,1H3,(H,18,21). The van der Waals surface area contributed by atoms with Gasteiger partial charge >= 0.3 is 0 Å². The van der Waals surface area contributed by atoms with Crippen LogP contribution in [0.5, 0.6) is 0 Å². The predicted molar refractivity (Wildman–Crippen MR) is 90.2 cm³/mol. The Bertz CT molecular complexity index is 775. The highest BCUT2D eigenvalue weighted by Gasteiger charge is 2.08. The maximum Gasteiger partial charge on any atom is 0.226 e. The molecule has 2 heterocycles. The van der Waals surface area contributed by atoms with Crippen LogP contribution in [0.15, 0.2) is 35.8 Å². The molecular weight excluding hydrogens is 294 g/mol. The Labute approximate surface area is 133 Å². The zero-order chi connectivity index (χ0) is 15.4. The molecule has 2 N–H and O–H groups in total. The summed E-state index contributed by atoms with van der Waals surface area (Å²) in [5.41, 5.74) is 3.24. The molecule has 2 aromatic heterocycles. The second kappa shape index (κ2) is 6.75. The number of nitrogens with zero attached hydrogens (tertiary/aromatic N) is 1. The summed E-state index contributed by atoms with van der Waals surface area (Å²) in [5, 5.41) is 7.25. The molecule has 5 heteroatoms. The molecule has 4 nitrogen and oxygen atoms in total. The van der Waals surface area contributed by atoms with Crippen molar-refractivity contribution in [3.63, 3.8) is 0 Å². The third-order valence-corrected chi connectivity index (χ3v) is 4.68. The Balaban J connectivity index is 1.51. The van der Waals surface area contributed by atoms with Crippen LogP contribution in [0.3, 0.4) is 0 Å². The van der Waals surface area contributed by atoms with Gasteiger partial charge in [0, 0.05) is 29.0 Å². The van der Waals surface area contributed by atoms with Gasteiger partial charge in [0.15, 0.2) is 0 Å². The van der Waals surface area contributed by atoms with E-state index in [0.29, 0.717) is 13.0 Å². The Morgan fingerprint density at radius 1 is 1.36 bits per heavy atom. The van der Waals surface area contributed by atoms with Gasteiger partial charge in [0.25, 0.3) is 0 Å². The van der Waals surface area contributed by atoms with Gasteiger partial charge in [-0.3, -0.25) is 4.79 Å². The molecule has 0 unspecified atom stereocenters. The molecule has 0 saturated carbocycles. The molecule has 0 aliphatic rings. The van der Waals surface area contributed by atoms with Gasteiger partial charge in [-0.05, 0) is 24.5 Å². The molecule has 1 amide bonds. The first-order chi connectivity index (χ1) is 10.8. The predicted octanol–water partition coefficient (Wildman–Crippen LogP) is 3.09. The number of rotatable bonds is 6. The number of benzene rings is 1. The van der Waals surface area contributed by atoms with Crippen molar-refractivity contribution in [2.45, 2.75) is 26.2 Å². The Hall–Kier alpha value is -2.14. The third-order valence-electron chi connectivity index (χ3n) is 3.63. The van der Waals surface area contributed by atoms with Gasteiger partial charge in [-0.15, -0.1) is 11.3 Å². The normalized spacial score (nSPS) is 11.0. The molecule has 3 rings (SSSR count). The van der Waals surface area contributed by atoms with Gasteiger partial charge in [0.2, 0.25) is 5.91 Å². The maximum atomic E-state index is 11.9. The zero-order valence-electron chi connectivity index (χ0n) is 12.6. The molecule has 114 valence electrons. The lowest BCUT2D eigenvalue weighted by molar-refractivity contribution is -0.120. The number of carbonyl (C=O) groups excluding carboxylic acids is 1. The number of H-pyrrole nitrogens is 1. The third kappa shape index (κ3) is 3.36. The fourth-order valence-electron chi connectivity index (χ4n) is 2.49. The highest BCUT2D eigenvalue weighted by molar-refractivity contribution is 7.09.